The highest BCUT2D eigenvalue weighted by molar-refractivity contribution is 7.80. The Morgan fingerprint density at radius 1 is 0.882 bits per heavy atom. The summed E-state index contributed by atoms with van der Waals surface area (Å²) in [5, 5.41) is 8.64. The van der Waals surface area contributed by atoms with Gasteiger partial charge in [0.2, 0.25) is 0 Å². The average Bonchev–Trinajstić information content (AvgIpc) is 2.85. The summed E-state index contributed by atoms with van der Waals surface area (Å²) in [5.41, 5.74) is 2.82. The average molecular weight is 476 g/mol. The van der Waals surface area contributed by atoms with Crippen LogP contribution in [0.15, 0.2) is 78.9 Å². The van der Waals surface area contributed by atoms with E-state index in [1.807, 2.05) is 18.2 Å². The molecular weight excluding hydrogens is 446 g/mol. The number of anilines is 1. The van der Waals surface area contributed by atoms with E-state index < -0.39 is 0 Å². The van der Waals surface area contributed by atoms with Gasteiger partial charge in [0.25, 0.3) is 11.8 Å². The van der Waals surface area contributed by atoms with Gasteiger partial charge in [-0.05, 0) is 66.7 Å². The third kappa shape index (κ3) is 8.01. The van der Waals surface area contributed by atoms with Gasteiger partial charge >= 0.3 is 0 Å². The van der Waals surface area contributed by atoms with Crippen molar-refractivity contribution in [3.05, 3.63) is 95.6 Å². The van der Waals surface area contributed by atoms with Crippen LogP contribution in [0.1, 0.15) is 46.0 Å². The molecule has 0 aliphatic heterocycles. The summed E-state index contributed by atoms with van der Waals surface area (Å²) in [6.45, 7) is 3.26. The number of unbranched alkanes of at least 4 members (excludes halogenated alkanes) is 1. The zero-order valence-corrected chi connectivity index (χ0v) is 20.0. The van der Waals surface area contributed by atoms with Crippen LogP contribution in [-0.4, -0.2) is 30.1 Å². The smallest absolute Gasteiger partial charge is 0.257 e. The van der Waals surface area contributed by atoms with Crippen molar-refractivity contribution in [3.8, 4) is 5.75 Å². The number of carbonyl (C=O) groups excluding carboxylic acids is 2. The Bertz CT molecular complexity index is 1100. The molecule has 0 saturated heterocycles. The second-order valence-corrected chi connectivity index (χ2v) is 8.12. The van der Waals surface area contributed by atoms with Crippen LogP contribution in [-0.2, 0) is 6.42 Å². The number of carbonyl (C=O) groups is 2. The van der Waals surface area contributed by atoms with Crippen molar-refractivity contribution < 1.29 is 14.3 Å². The fourth-order valence-electron chi connectivity index (χ4n) is 3.19. The van der Waals surface area contributed by atoms with E-state index in [4.69, 9.17) is 17.0 Å². The Labute approximate surface area is 205 Å². The summed E-state index contributed by atoms with van der Waals surface area (Å²) < 4.78 is 5.76. The lowest BCUT2D eigenvalue weighted by atomic mass is 10.2. The minimum Gasteiger partial charge on any atom is -0.493 e. The maximum absolute atomic E-state index is 12.5. The van der Waals surface area contributed by atoms with Crippen LogP contribution in [0, 0.1) is 0 Å². The number of rotatable bonds is 10. The molecule has 0 fully saturated rings. The number of amides is 2. The van der Waals surface area contributed by atoms with E-state index >= 15 is 0 Å². The molecule has 34 heavy (non-hydrogen) atoms. The van der Waals surface area contributed by atoms with Crippen molar-refractivity contribution in [1.29, 1.82) is 0 Å². The summed E-state index contributed by atoms with van der Waals surface area (Å²) in [5.74, 6) is 0.224. The summed E-state index contributed by atoms with van der Waals surface area (Å²) in [6, 6.07) is 24.0. The number of hydrogen-bond donors (Lipinski definition) is 3. The fourth-order valence-corrected chi connectivity index (χ4v) is 3.40. The molecule has 0 spiro atoms. The molecule has 0 heterocycles. The Morgan fingerprint density at radius 3 is 2.38 bits per heavy atom. The third-order valence-electron chi connectivity index (χ3n) is 5.04. The van der Waals surface area contributed by atoms with Gasteiger partial charge < -0.3 is 15.4 Å². The SMILES string of the molecule is CCCCNC(=O)c1cccc(NC(=S)NC(=O)c2ccc(OCCc3ccccc3)cc2)c1. The highest BCUT2D eigenvalue weighted by Gasteiger charge is 2.10. The van der Waals surface area contributed by atoms with Gasteiger partial charge in [-0.1, -0.05) is 49.7 Å². The van der Waals surface area contributed by atoms with Crippen LogP contribution in [0.25, 0.3) is 0 Å². The van der Waals surface area contributed by atoms with Gasteiger partial charge in [-0.3, -0.25) is 14.9 Å². The maximum atomic E-state index is 12.5. The maximum Gasteiger partial charge on any atom is 0.257 e. The molecule has 3 aromatic rings. The minimum atomic E-state index is -0.332. The predicted octanol–water partition coefficient (Wildman–Crippen LogP) is 4.96. The molecule has 0 aliphatic rings. The van der Waals surface area contributed by atoms with Gasteiger partial charge in [0.1, 0.15) is 5.75 Å². The zero-order chi connectivity index (χ0) is 24.2. The van der Waals surface area contributed by atoms with E-state index in [2.05, 4.69) is 35.0 Å². The first-order chi connectivity index (χ1) is 16.5. The lowest BCUT2D eigenvalue weighted by molar-refractivity contribution is 0.0950. The summed E-state index contributed by atoms with van der Waals surface area (Å²) in [7, 11) is 0. The highest BCUT2D eigenvalue weighted by atomic mass is 32.1. The highest BCUT2D eigenvalue weighted by Crippen LogP contribution is 2.14. The molecule has 0 radical (unpaired) electrons. The van der Waals surface area contributed by atoms with Crippen molar-refractivity contribution in [1.82, 2.24) is 10.6 Å². The van der Waals surface area contributed by atoms with Crippen molar-refractivity contribution in [2.75, 3.05) is 18.5 Å². The van der Waals surface area contributed by atoms with Gasteiger partial charge in [0.15, 0.2) is 5.11 Å². The largest absolute Gasteiger partial charge is 0.493 e. The van der Waals surface area contributed by atoms with E-state index in [1.165, 1.54) is 5.56 Å². The topological polar surface area (TPSA) is 79.5 Å². The normalized spacial score (nSPS) is 10.3. The molecule has 0 aliphatic carbocycles. The fraction of sp³-hybridized carbons (Fsp3) is 0.222. The van der Waals surface area contributed by atoms with E-state index in [-0.39, 0.29) is 16.9 Å². The van der Waals surface area contributed by atoms with Gasteiger partial charge in [-0.15, -0.1) is 0 Å². The molecule has 3 N–H and O–H groups in total. The lowest BCUT2D eigenvalue weighted by Crippen LogP contribution is -2.34. The molecular formula is C27H29N3O3S. The number of hydrogen-bond acceptors (Lipinski definition) is 4. The van der Waals surface area contributed by atoms with Gasteiger partial charge in [0, 0.05) is 29.8 Å². The molecule has 3 rings (SSSR count). The van der Waals surface area contributed by atoms with Gasteiger partial charge in [0.05, 0.1) is 6.61 Å². The molecule has 176 valence electrons. The van der Waals surface area contributed by atoms with Crippen LogP contribution in [0.5, 0.6) is 5.75 Å². The summed E-state index contributed by atoms with van der Waals surface area (Å²) >= 11 is 5.27. The molecule has 0 saturated carbocycles. The van der Waals surface area contributed by atoms with E-state index in [0.717, 1.165) is 19.3 Å². The monoisotopic (exact) mass is 475 g/mol. The summed E-state index contributed by atoms with van der Waals surface area (Å²) in [4.78, 5) is 24.8. The van der Waals surface area contributed by atoms with Crippen LogP contribution in [0.3, 0.4) is 0 Å². The molecule has 0 atom stereocenters. The first kappa shape index (κ1) is 24.9. The van der Waals surface area contributed by atoms with E-state index in [1.54, 1.807) is 48.5 Å². The van der Waals surface area contributed by atoms with Crippen molar-refractivity contribution in [2.24, 2.45) is 0 Å². The Morgan fingerprint density at radius 2 is 1.65 bits per heavy atom. The predicted molar refractivity (Wildman–Crippen MR) is 139 cm³/mol. The van der Waals surface area contributed by atoms with Crippen molar-refractivity contribution >= 4 is 34.8 Å². The first-order valence-corrected chi connectivity index (χ1v) is 11.7. The van der Waals surface area contributed by atoms with E-state index in [9.17, 15) is 9.59 Å². The second kappa shape index (κ2) is 13.1. The molecule has 7 heteroatoms. The van der Waals surface area contributed by atoms with Gasteiger partial charge in [-0.2, -0.15) is 0 Å². The lowest BCUT2D eigenvalue weighted by Gasteiger charge is -2.11. The van der Waals surface area contributed by atoms with Crippen LogP contribution in [0.4, 0.5) is 5.69 Å². The Kier molecular flexibility index (Phi) is 9.61. The molecule has 2 amide bonds. The van der Waals surface area contributed by atoms with Crippen LogP contribution >= 0.6 is 12.2 Å². The molecule has 0 bridgehead atoms. The molecule has 6 nitrogen and oxygen atoms in total. The number of ether oxygens (including phenoxy) is 1. The van der Waals surface area contributed by atoms with Crippen molar-refractivity contribution in [2.45, 2.75) is 26.2 Å². The van der Waals surface area contributed by atoms with E-state index in [0.29, 0.717) is 35.7 Å². The Hall–Kier alpha value is -3.71. The quantitative estimate of drug-likeness (QED) is 0.285. The van der Waals surface area contributed by atoms with Crippen LogP contribution < -0.4 is 20.7 Å². The molecule has 0 unspecified atom stereocenters. The second-order valence-electron chi connectivity index (χ2n) is 7.71. The van der Waals surface area contributed by atoms with Crippen LogP contribution in [0.2, 0.25) is 0 Å². The van der Waals surface area contributed by atoms with Gasteiger partial charge in [-0.25, -0.2) is 0 Å². The molecule has 0 aromatic heterocycles. The van der Waals surface area contributed by atoms with Crippen molar-refractivity contribution in [3.63, 3.8) is 0 Å². The summed E-state index contributed by atoms with van der Waals surface area (Å²) in [6.07, 6.45) is 2.76. The Balaban J connectivity index is 1.47. The number of benzene rings is 3. The first-order valence-electron chi connectivity index (χ1n) is 11.3. The zero-order valence-electron chi connectivity index (χ0n) is 19.2. The number of thiocarbonyl (C=S) groups is 1. The third-order valence-corrected chi connectivity index (χ3v) is 5.25. The standard InChI is InChI=1S/C27H29N3O3S/c1-2-3-17-28-25(31)22-10-7-11-23(19-22)29-27(34)30-26(32)21-12-14-24(15-13-21)33-18-16-20-8-5-4-6-9-20/h4-15,19H,2-3,16-18H2,1H3,(H,28,31)(H2,29,30,32,34). The number of nitrogens with one attached hydrogen (secondary N) is 3. The minimum absolute atomic E-state index is 0.141. The molecule has 3 aromatic carbocycles.